The van der Waals surface area contributed by atoms with Crippen LogP contribution in [0.25, 0.3) is 10.9 Å². The molecule has 1 saturated carbocycles. The second-order valence-corrected chi connectivity index (χ2v) is 10.1. The number of nitrogens with one attached hydrogen (secondary N) is 2. The molecule has 2 aromatic carbocycles. The van der Waals surface area contributed by atoms with Crippen molar-refractivity contribution in [2.24, 2.45) is 5.92 Å². The van der Waals surface area contributed by atoms with E-state index in [1.165, 1.54) is 12.8 Å². The third kappa shape index (κ3) is 7.32. The van der Waals surface area contributed by atoms with Crippen molar-refractivity contribution >= 4 is 28.3 Å². The average Bonchev–Trinajstić information content (AvgIpc) is 3.80. The van der Waals surface area contributed by atoms with Crippen molar-refractivity contribution in [3.63, 3.8) is 0 Å². The molecule has 1 saturated heterocycles. The molecule has 0 spiro atoms. The number of aromatic nitrogens is 2. The Morgan fingerprint density at radius 1 is 1.15 bits per heavy atom. The van der Waals surface area contributed by atoms with Crippen molar-refractivity contribution in [1.29, 1.82) is 0 Å². The standard InChI is InChI=1S/C30H37N5O4/c1-21(23-7-4-3-5-8-23)33-30-25-17-27(28(39-19-22-10-11-22)18-26(25)31-20-32-30)34-29(36)9-6-14-35(37-2)24-12-15-38-16-13-24/h3-9,17-18,20-22,24H,10-16,19H2,1-2H3,(H,34,36)(H,31,32,33)/t21-/m1/s1. The van der Waals surface area contributed by atoms with Gasteiger partial charge in [-0.2, -0.15) is 5.06 Å². The fourth-order valence-electron chi connectivity index (χ4n) is 4.72. The number of hydrogen-bond acceptors (Lipinski definition) is 8. The molecule has 2 heterocycles. The van der Waals surface area contributed by atoms with Gasteiger partial charge in [0.25, 0.3) is 0 Å². The molecule has 39 heavy (non-hydrogen) atoms. The molecule has 5 rings (SSSR count). The molecule has 1 aromatic heterocycles. The fourth-order valence-corrected chi connectivity index (χ4v) is 4.72. The van der Waals surface area contributed by atoms with E-state index in [2.05, 4.69) is 39.7 Å². The van der Waals surface area contributed by atoms with Gasteiger partial charge in [0.05, 0.1) is 24.9 Å². The number of amides is 1. The van der Waals surface area contributed by atoms with Crippen LogP contribution in [0.15, 0.2) is 60.9 Å². The Kier molecular flexibility index (Phi) is 9.03. The van der Waals surface area contributed by atoms with Crippen LogP contribution < -0.4 is 15.4 Å². The van der Waals surface area contributed by atoms with Gasteiger partial charge in [0.15, 0.2) is 0 Å². The highest BCUT2D eigenvalue weighted by Gasteiger charge is 2.23. The number of ether oxygens (including phenoxy) is 2. The predicted octanol–water partition coefficient (Wildman–Crippen LogP) is 5.13. The first-order chi connectivity index (χ1) is 19.1. The minimum atomic E-state index is -0.238. The van der Waals surface area contributed by atoms with Gasteiger partial charge < -0.3 is 24.9 Å². The lowest BCUT2D eigenvalue weighted by Gasteiger charge is -2.31. The van der Waals surface area contributed by atoms with Gasteiger partial charge >= 0.3 is 0 Å². The second kappa shape index (κ2) is 13.0. The van der Waals surface area contributed by atoms with Crippen LogP contribution >= 0.6 is 0 Å². The van der Waals surface area contributed by atoms with E-state index in [-0.39, 0.29) is 18.0 Å². The third-order valence-corrected chi connectivity index (χ3v) is 7.21. The van der Waals surface area contributed by atoms with Crippen molar-refractivity contribution in [3.8, 4) is 5.75 Å². The average molecular weight is 532 g/mol. The van der Waals surface area contributed by atoms with Gasteiger partial charge in [0, 0.05) is 49.4 Å². The zero-order chi connectivity index (χ0) is 27.0. The van der Waals surface area contributed by atoms with Crippen molar-refractivity contribution in [2.75, 3.05) is 44.1 Å². The number of hydrogen-bond donors (Lipinski definition) is 2. The molecular weight excluding hydrogens is 494 g/mol. The van der Waals surface area contributed by atoms with Gasteiger partial charge in [-0.05, 0) is 50.2 Å². The van der Waals surface area contributed by atoms with Gasteiger partial charge in [0.2, 0.25) is 5.91 Å². The number of fused-ring (bicyclic) bond motifs is 1. The molecule has 0 unspecified atom stereocenters. The lowest BCUT2D eigenvalue weighted by molar-refractivity contribution is -0.170. The molecule has 0 bridgehead atoms. The van der Waals surface area contributed by atoms with Crippen molar-refractivity contribution in [1.82, 2.24) is 15.0 Å². The number of carbonyl (C=O) groups excluding carboxylic acids is 1. The zero-order valence-corrected chi connectivity index (χ0v) is 22.6. The van der Waals surface area contributed by atoms with E-state index in [9.17, 15) is 4.79 Å². The van der Waals surface area contributed by atoms with Crippen molar-refractivity contribution in [2.45, 2.75) is 44.7 Å². The number of anilines is 2. The summed E-state index contributed by atoms with van der Waals surface area (Å²) in [6.45, 7) is 4.68. The molecule has 1 amide bonds. The number of hydroxylamine groups is 2. The lowest BCUT2D eigenvalue weighted by Crippen LogP contribution is -2.38. The Morgan fingerprint density at radius 2 is 1.95 bits per heavy atom. The summed E-state index contributed by atoms with van der Waals surface area (Å²) in [6, 6.07) is 14.3. The smallest absolute Gasteiger partial charge is 0.248 e. The largest absolute Gasteiger partial charge is 0.491 e. The van der Waals surface area contributed by atoms with Gasteiger partial charge in [-0.3, -0.25) is 4.79 Å². The Morgan fingerprint density at radius 3 is 2.69 bits per heavy atom. The molecule has 3 aromatic rings. The maximum atomic E-state index is 13.0. The van der Waals surface area contributed by atoms with Crippen LogP contribution in [-0.4, -0.2) is 60.5 Å². The van der Waals surface area contributed by atoms with E-state index in [1.54, 1.807) is 19.5 Å². The third-order valence-electron chi connectivity index (χ3n) is 7.21. The van der Waals surface area contributed by atoms with Gasteiger partial charge in [0.1, 0.15) is 17.9 Å². The highest BCUT2D eigenvalue weighted by atomic mass is 16.7. The maximum Gasteiger partial charge on any atom is 0.248 e. The zero-order valence-electron chi connectivity index (χ0n) is 22.6. The van der Waals surface area contributed by atoms with E-state index in [0.29, 0.717) is 36.3 Å². The molecule has 9 nitrogen and oxygen atoms in total. The quantitative estimate of drug-likeness (QED) is 0.245. The highest BCUT2D eigenvalue weighted by Crippen LogP contribution is 2.36. The van der Waals surface area contributed by atoms with E-state index in [4.69, 9.17) is 14.3 Å². The SMILES string of the molecule is CON(CC=CC(=O)Nc1cc2c(N[C@H](C)c3ccccc3)ncnc2cc1OCC1CC1)C1CCOCC1. The molecule has 206 valence electrons. The van der Waals surface area contributed by atoms with E-state index < -0.39 is 0 Å². The highest BCUT2D eigenvalue weighted by molar-refractivity contribution is 6.03. The van der Waals surface area contributed by atoms with Crippen LogP contribution in [0.4, 0.5) is 11.5 Å². The molecule has 2 N–H and O–H groups in total. The number of carbonyl (C=O) groups is 1. The first-order valence-electron chi connectivity index (χ1n) is 13.7. The Hall–Kier alpha value is -3.53. The molecular formula is C30H37N5O4. The monoisotopic (exact) mass is 531 g/mol. The molecule has 0 radical (unpaired) electrons. The van der Waals surface area contributed by atoms with Gasteiger partial charge in [-0.15, -0.1) is 0 Å². The summed E-state index contributed by atoms with van der Waals surface area (Å²) in [5.74, 6) is 1.64. The lowest BCUT2D eigenvalue weighted by atomic mass is 10.1. The topological polar surface area (TPSA) is 97.8 Å². The summed E-state index contributed by atoms with van der Waals surface area (Å²) >= 11 is 0. The van der Waals surface area contributed by atoms with Crippen LogP contribution in [0.5, 0.6) is 5.75 Å². The van der Waals surface area contributed by atoms with Crippen LogP contribution in [0.2, 0.25) is 0 Å². The van der Waals surface area contributed by atoms with E-state index in [1.807, 2.05) is 41.5 Å². The molecule has 1 aliphatic heterocycles. The summed E-state index contributed by atoms with van der Waals surface area (Å²) in [6.07, 6.45) is 9.08. The first kappa shape index (κ1) is 27.1. The minimum Gasteiger partial charge on any atom is -0.491 e. The fraction of sp³-hybridized carbons (Fsp3) is 0.433. The summed E-state index contributed by atoms with van der Waals surface area (Å²) in [7, 11) is 1.66. The van der Waals surface area contributed by atoms with Crippen LogP contribution in [0.3, 0.4) is 0 Å². The normalized spacial score (nSPS) is 17.0. The van der Waals surface area contributed by atoms with Crippen molar-refractivity contribution in [3.05, 3.63) is 66.5 Å². The summed E-state index contributed by atoms with van der Waals surface area (Å²) < 4.78 is 11.6. The predicted molar refractivity (Wildman–Crippen MR) is 152 cm³/mol. The van der Waals surface area contributed by atoms with Gasteiger partial charge in [-0.25, -0.2) is 9.97 Å². The summed E-state index contributed by atoms with van der Waals surface area (Å²) in [4.78, 5) is 27.5. The molecule has 9 heteroatoms. The number of rotatable bonds is 12. The molecule has 1 aliphatic carbocycles. The molecule has 1 atom stereocenters. The van der Waals surface area contributed by atoms with Gasteiger partial charge in [-0.1, -0.05) is 36.4 Å². The molecule has 2 aliphatic rings. The molecule has 2 fully saturated rings. The summed E-state index contributed by atoms with van der Waals surface area (Å²) in [5.41, 5.74) is 2.49. The van der Waals surface area contributed by atoms with E-state index in [0.717, 1.165) is 42.5 Å². The number of benzene rings is 2. The Balaban J connectivity index is 1.33. The second-order valence-electron chi connectivity index (χ2n) is 10.1. The Bertz CT molecular complexity index is 1280. The van der Waals surface area contributed by atoms with Crippen LogP contribution in [0.1, 0.15) is 44.2 Å². The van der Waals surface area contributed by atoms with E-state index >= 15 is 0 Å². The summed E-state index contributed by atoms with van der Waals surface area (Å²) in [5, 5.41) is 9.22. The Labute approximate surface area is 229 Å². The number of nitrogens with zero attached hydrogens (tertiary/aromatic N) is 3. The first-order valence-corrected chi connectivity index (χ1v) is 13.7. The van der Waals surface area contributed by atoms with Crippen molar-refractivity contribution < 1.29 is 19.1 Å². The van der Waals surface area contributed by atoms with Crippen LogP contribution in [0, 0.1) is 5.92 Å². The maximum absolute atomic E-state index is 13.0. The van der Waals surface area contributed by atoms with Crippen LogP contribution in [-0.2, 0) is 14.4 Å². The minimum absolute atomic E-state index is 0.0375.